The number of benzene rings is 2. The van der Waals surface area contributed by atoms with E-state index in [1.165, 1.54) is 18.2 Å². The molecule has 0 radical (unpaired) electrons. The van der Waals surface area contributed by atoms with Crippen molar-refractivity contribution in [3.05, 3.63) is 66.2 Å². The number of anilines is 1. The predicted molar refractivity (Wildman–Crippen MR) is 93.1 cm³/mol. The molecule has 0 spiro atoms. The highest BCUT2D eigenvalue weighted by Gasteiger charge is 2.58. The molecule has 12 heteroatoms. The third-order valence-electron chi connectivity index (χ3n) is 4.13. The predicted octanol–water partition coefficient (Wildman–Crippen LogP) is 4.23. The summed E-state index contributed by atoms with van der Waals surface area (Å²) >= 11 is 0. The van der Waals surface area contributed by atoms with Gasteiger partial charge in [0.15, 0.2) is 6.04 Å². The van der Waals surface area contributed by atoms with E-state index in [0.29, 0.717) is 5.56 Å². The largest absolute Gasteiger partial charge is 0.497 e. The molecule has 1 aliphatic heterocycles. The summed E-state index contributed by atoms with van der Waals surface area (Å²) in [7, 11) is 0. The first kappa shape index (κ1) is 21.7. The Hall–Kier alpha value is -2.99. The lowest BCUT2D eigenvalue weighted by atomic mass is 10.2. The first-order valence-electron chi connectivity index (χ1n) is 8.61. The molecular formula is C18H16F6N4O2. The fourth-order valence-electron chi connectivity index (χ4n) is 2.84. The standard InChI is InChI=1S/C18H16F6N4O2/c19-17(20,21)15-11-25-27(16(29)30-12-13-7-3-1-4-8-13)28(18(22,23)24)26(15)14-9-5-2-6-10-14/h1-10,15,25H,11-12H2. The van der Waals surface area contributed by atoms with E-state index in [1.807, 2.05) is 5.43 Å². The zero-order valence-corrected chi connectivity index (χ0v) is 15.2. The number of amides is 1. The maximum absolute atomic E-state index is 13.8. The number of hydrazine groups is 3. The molecule has 1 aliphatic rings. The molecule has 1 fully saturated rings. The van der Waals surface area contributed by atoms with Crippen molar-refractivity contribution < 1.29 is 35.9 Å². The number of halogens is 6. The first-order chi connectivity index (χ1) is 14.1. The molecule has 1 N–H and O–H groups in total. The van der Waals surface area contributed by atoms with E-state index in [0.717, 1.165) is 12.1 Å². The second kappa shape index (κ2) is 8.40. The summed E-state index contributed by atoms with van der Waals surface area (Å²) in [4.78, 5) is 12.4. The Morgan fingerprint density at radius 1 is 0.967 bits per heavy atom. The number of nitrogens with zero attached hydrogens (tertiary/aromatic N) is 3. The number of alkyl halides is 6. The summed E-state index contributed by atoms with van der Waals surface area (Å²) in [6, 6.07) is 11.7. The Morgan fingerprint density at radius 3 is 2.07 bits per heavy atom. The first-order valence-corrected chi connectivity index (χ1v) is 8.61. The van der Waals surface area contributed by atoms with Gasteiger partial charge in [0.05, 0.1) is 5.69 Å². The molecule has 6 nitrogen and oxygen atoms in total. The molecule has 2 aromatic rings. The molecule has 1 amide bonds. The van der Waals surface area contributed by atoms with Gasteiger partial charge in [0.2, 0.25) is 0 Å². The summed E-state index contributed by atoms with van der Waals surface area (Å²) < 4.78 is 87.0. The quantitative estimate of drug-likeness (QED) is 0.579. The lowest BCUT2D eigenvalue weighted by molar-refractivity contribution is -0.339. The molecule has 0 aromatic heterocycles. The number of hydrogen-bond donors (Lipinski definition) is 1. The lowest BCUT2D eigenvalue weighted by Crippen LogP contribution is -2.76. The average molecular weight is 434 g/mol. The molecule has 0 bridgehead atoms. The van der Waals surface area contributed by atoms with Crippen molar-refractivity contribution in [2.75, 3.05) is 11.6 Å². The van der Waals surface area contributed by atoms with Crippen LogP contribution in [0.2, 0.25) is 0 Å². The van der Waals surface area contributed by atoms with Gasteiger partial charge in [-0.05, 0) is 22.8 Å². The van der Waals surface area contributed by atoms with Crippen LogP contribution in [0.25, 0.3) is 0 Å². The van der Waals surface area contributed by atoms with Crippen LogP contribution in [0.15, 0.2) is 60.7 Å². The van der Waals surface area contributed by atoms with Crippen LogP contribution in [-0.4, -0.2) is 41.4 Å². The number of para-hydroxylation sites is 1. The van der Waals surface area contributed by atoms with Crippen LogP contribution in [0, 0.1) is 0 Å². The van der Waals surface area contributed by atoms with Crippen LogP contribution < -0.4 is 10.4 Å². The zero-order chi connectivity index (χ0) is 21.9. The van der Waals surface area contributed by atoms with Crippen molar-refractivity contribution >= 4 is 11.8 Å². The molecule has 1 unspecified atom stereocenters. The molecule has 30 heavy (non-hydrogen) atoms. The third-order valence-corrected chi connectivity index (χ3v) is 4.13. The van der Waals surface area contributed by atoms with Gasteiger partial charge in [-0.2, -0.15) is 26.3 Å². The highest BCUT2D eigenvalue weighted by atomic mass is 19.4. The average Bonchev–Trinajstić information content (AvgIpc) is 2.71. The Labute approximate surface area is 167 Å². The normalized spacial score (nSPS) is 18.4. The molecule has 1 heterocycles. The van der Waals surface area contributed by atoms with E-state index in [1.54, 1.807) is 30.3 Å². The van der Waals surface area contributed by atoms with Crippen LogP contribution in [0.4, 0.5) is 36.8 Å². The molecule has 162 valence electrons. The monoisotopic (exact) mass is 434 g/mol. The molecule has 1 saturated heterocycles. The second-order valence-corrected chi connectivity index (χ2v) is 6.21. The van der Waals surface area contributed by atoms with Gasteiger partial charge in [0.25, 0.3) is 0 Å². The van der Waals surface area contributed by atoms with E-state index in [2.05, 4.69) is 0 Å². The SMILES string of the molecule is O=C(OCc1ccccc1)N1NCC(C(F)(F)F)N(c2ccccc2)N1C(F)(F)F. The van der Waals surface area contributed by atoms with Gasteiger partial charge >= 0.3 is 18.6 Å². The minimum absolute atomic E-state index is 0.0275. The molecule has 3 rings (SSSR count). The van der Waals surface area contributed by atoms with Crippen molar-refractivity contribution in [1.82, 2.24) is 15.7 Å². The minimum atomic E-state index is -5.38. The minimum Gasteiger partial charge on any atom is -0.443 e. The Balaban J connectivity index is 1.93. The van der Waals surface area contributed by atoms with Gasteiger partial charge in [-0.25, -0.2) is 10.2 Å². The Bertz CT molecular complexity index is 847. The van der Waals surface area contributed by atoms with Crippen LogP contribution in [0.5, 0.6) is 0 Å². The fraction of sp³-hybridized carbons (Fsp3) is 0.278. The van der Waals surface area contributed by atoms with Crippen molar-refractivity contribution in [2.45, 2.75) is 25.1 Å². The van der Waals surface area contributed by atoms with E-state index < -0.39 is 42.0 Å². The fourth-order valence-corrected chi connectivity index (χ4v) is 2.84. The van der Waals surface area contributed by atoms with E-state index >= 15 is 0 Å². The van der Waals surface area contributed by atoms with Crippen LogP contribution in [0.3, 0.4) is 0 Å². The summed E-state index contributed by atoms with van der Waals surface area (Å²) in [5, 5.41) is -0.879. The van der Waals surface area contributed by atoms with Crippen molar-refractivity contribution in [2.24, 2.45) is 0 Å². The van der Waals surface area contributed by atoms with Crippen LogP contribution in [0.1, 0.15) is 5.56 Å². The smallest absolute Gasteiger partial charge is 0.443 e. The number of hydrogen-bond acceptors (Lipinski definition) is 5. The number of nitrogens with one attached hydrogen (secondary N) is 1. The third kappa shape index (κ3) is 4.76. The summed E-state index contributed by atoms with van der Waals surface area (Å²) in [5.74, 6) is 0. The van der Waals surface area contributed by atoms with Gasteiger partial charge in [0, 0.05) is 6.54 Å². The van der Waals surface area contributed by atoms with E-state index in [-0.39, 0.29) is 16.7 Å². The van der Waals surface area contributed by atoms with Gasteiger partial charge in [0.1, 0.15) is 6.61 Å². The highest BCUT2D eigenvalue weighted by Crippen LogP contribution is 2.37. The summed E-state index contributed by atoms with van der Waals surface area (Å²) in [6.45, 7) is -1.37. The number of ether oxygens (including phenoxy) is 1. The van der Waals surface area contributed by atoms with E-state index in [4.69, 9.17) is 4.74 Å². The number of carbonyl (C=O) groups is 1. The summed E-state index contributed by atoms with van der Waals surface area (Å²) in [5.41, 5.74) is 1.96. The molecule has 2 aromatic carbocycles. The zero-order valence-electron chi connectivity index (χ0n) is 15.2. The summed E-state index contributed by atoms with van der Waals surface area (Å²) in [6.07, 6.45) is -11.9. The second-order valence-electron chi connectivity index (χ2n) is 6.21. The van der Waals surface area contributed by atoms with Crippen LogP contribution in [-0.2, 0) is 11.3 Å². The Kier molecular flexibility index (Phi) is 6.08. The molecule has 1 atom stereocenters. The maximum Gasteiger partial charge on any atom is 0.497 e. The highest BCUT2D eigenvalue weighted by molar-refractivity contribution is 5.67. The number of carbonyl (C=O) groups excluding carboxylic acids is 1. The molecular weight excluding hydrogens is 418 g/mol. The van der Waals surface area contributed by atoms with Gasteiger partial charge in [-0.3, -0.25) is 5.01 Å². The van der Waals surface area contributed by atoms with Gasteiger partial charge in [-0.15, -0.1) is 5.12 Å². The van der Waals surface area contributed by atoms with Gasteiger partial charge < -0.3 is 4.74 Å². The molecule has 0 aliphatic carbocycles. The van der Waals surface area contributed by atoms with Crippen molar-refractivity contribution in [1.29, 1.82) is 0 Å². The Morgan fingerprint density at radius 2 is 1.53 bits per heavy atom. The maximum atomic E-state index is 13.8. The van der Waals surface area contributed by atoms with Crippen LogP contribution >= 0.6 is 0 Å². The molecule has 0 saturated carbocycles. The number of rotatable bonds is 3. The van der Waals surface area contributed by atoms with Crippen molar-refractivity contribution in [3.8, 4) is 0 Å². The van der Waals surface area contributed by atoms with E-state index in [9.17, 15) is 31.1 Å². The van der Waals surface area contributed by atoms with Crippen molar-refractivity contribution in [3.63, 3.8) is 0 Å². The topological polar surface area (TPSA) is 48.1 Å². The van der Waals surface area contributed by atoms with Gasteiger partial charge in [-0.1, -0.05) is 48.5 Å². The lowest BCUT2D eigenvalue weighted by Gasteiger charge is -2.50.